The van der Waals surface area contributed by atoms with Gasteiger partial charge in [0.15, 0.2) is 5.58 Å². The molecular weight excluding hydrogens is 304 g/mol. The molecule has 1 N–H and O–H groups in total. The van der Waals surface area contributed by atoms with Crippen molar-refractivity contribution in [1.29, 1.82) is 0 Å². The van der Waals surface area contributed by atoms with Gasteiger partial charge in [0.05, 0.1) is 7.11 Å². The van der Waals surface area contributed by atoms with Crippen LogP contribution < -0.4 is 5.32 Å². The highest BCUT2D eigenvalue weighted by Gasteiger charge is 2.12. The molecular formula is C16H13ClN2O3. The molecule has 3 aromatic rings. The predicted molar refractivity (Wildman–Crippen MR) is 85.2 cm³/mol. The molecule has 1 aromatic heterocycles. The van der Waals surface area contributed by atoms with Crippen LogP contribution in [0.2, 0.25) is 5.02 Å². The van der Waals surface area contributed by atoms with E-state index in [1.807, 2.05) is 13.0 Å². The SMILES string of the molecule is COC(=O)Nc1ccc(C)c(-c2nc3cc(Cl)ccc3o2)c1. The Labute approximate surface area is 131 Å². The lowest BCUT2D eigenvalue weighted by atomic mass is 10.1. The van der Waals surface area contributed by atoms with Crippen LogP contribution in [0.15, 0.2) is 40.8 Å². The lowest BCUT2D eigenvalue weighted by molar-refractivity contribution is 0.187. The van der Waals surface area contributed by atoms with E-state index in [1.54, 1.807) is 30.3 Å². The molecule has 0 aliphatic heterocycles. The molecule has 0 bridgehead atoms. The number of benzene rings is 2. The fourth-order valence-corrected chi connectivity index (χ4v) is 2.28. The highest BCUT2D eigenvalue weighted by molar-refractivity contribution is 6.31. The van der Waals surface area contributed by atoms with Crippen molar-refractivity contribution < 1.29 is 13.9 Å². The Morgan fingerprint density at radius 3 is 2.86 bits per heavy atom. The van der Waals surface area contributed by atoms with E-state index in [0.717, 1.165) is 11.1 Å². The maximum atomic E-state index is 11.3. The van der Waals surface area contributed by atoms with Crippen LogP contribution in [-0.4, -0.2) is 18.2 Å². The lowest BCUT2D eigenvalue weighted by Gasteiger charge is -2.07. The van der Waals surface area contributed by atoms with Crippen molar-refractivity contribution in [1.82, 2.24) is 4.98 Å². The number of nitrogens with zero attached hydrogens (tertiary/aromatic N) is 1. The summed E-state index contributed by atoms with van der Waals surface area (Å²) in [5, 5.41) is 3.22. The third-order valence-electron chi connectivity index (χ3n) is 3.25. The zero-order chi connectivity index (χ0) is 15.7. The molecule has 0 aliphatic carbocycles. The van der Waals surface area contributed by atoms with Gasteiger partial charge in [-0.1, -0.05) is 17.7 Å². The maximum absolute atomic E-state index is 11.3. The summed E-state index contributed by atoms with van der Waals surface area (Å²) in [6, 6.07) is 10.7. The van der Waals surface area contributed by atoms with Gasteiger partial charge in [-0.05, 0) is 42.8 Å². The Kier molecular flexibility index (Phi) is 3.73. The average Bonchev–Trinajstić information content (AvgIpc) is 2.91. The van der Waals surface area contributed by atoms with Gasteiger partial charge in [0.25, 0.3) is 0 Å². The van der Waals surface area contributed by atoms with Crippen LogP contribution in [0.1, 0.15) is 5.56 Å². The van der Waals surface area contributed by atoms with Crippen molar-refractivity contribution in [2.24, 2.45) is 0 Å². The highest BCUT2D eigenvalue weighted by atomic mass is 35.5. The van der Waals surface area contributed by atoms with Gasteiger partial charge in [-0.15, -0.1) is 0 Å². The van der Waals surface area contributed by atoms with Crippen LogP contribution in [0.25, 0.3) is 22.6 Å². The van der Waals surface area contributed by atoms with Gasteiger partial charge in [-0.3, -0.25) is 5.32 Å². The monoisotopic (exact) mass is 316 g/mol. The standard InChI is InChI=1S/C16H13ClN2O3/c1-9-3-5-11(18-16(20)21-2)8-12(9)15-19-13-7-10(17)4-6-14(13)22-15/h3-8H,1-2H3,(H,18,20). The summed E-state index contributed by atoms with van der Waals surface area (Å²) in [6.07, 6.45) is -0.529. The molecule has 3 rings (SSSR count). The minimum absolute atomic E-state index is 0.475. The maximum Gasteiger partial charge on any atom is 0.411 e. The predicted octanol–water partition coefficient (Wildman–Crippen LogP) is 4.63. The molecule has 0 fully saturated rings. The van der Waals surface area contributed by atoms with Gasteiger partial charge in [0.1, 0.15) is 5.52 Å². The van der Waals surface area contributed by atoms with Gasteiger partial charge in [-0.2, -0.15) is 0 Å². The molecule has 0 saturated carbocycles. The number of amides is 1. The van der Waals surface area contributed by atoms with Gasteiger partial charge in [0.2, 0.25) is 5.89 Å². The number of carbonyl (C=O) groups excluding carboxylic acids is 1. The third kappa shape index (κ3) is 2.76. The lowest BCUT2D eigenvalue weighted by Crippen LogP contribution is -2.10. The summed E-state index contributed by atoms with van der Waals surface area (Å²) in [7, 11) is 1.31. The van der Waals surface area contributed by atoms with Gasteiger partial charge in [0, 0.05) is 16.3 Å². The van der Waals surface area contributed by atoms with E-state index in [1.165, 1.54) is 7.11 Å². The largest absolute Gasteiger partial charge is 0.453 e. The summed E-state index contributed by atoms with van der Waals surface area (Å²) in [4.78, 5) is 15.8. The van der Waals surface area contributed by atoms with Crippen molar-refractivity contribution in [3.63, 3.8) is 0 Å². The summed E-state index contributed by atoms with van der Waals surface area (Å²) < 4.78 is 10.3. The Bertz CT molecular complexity index is 858. The minimum atomic E-state index is -0.529. The molecule has 0 spiro atoms. The average molecular weight is 317 g/mol. The van der Waals surface area contributed by atoms with Crippen molar-refractivity contribution in [2.75, 3.05) is 12.4 Å². The summed E-state index contributed by atoms with van der Waals surface area (Å²) >= 11 is 5.96. The number of methoxy groups -OCH3 is 1. The van der Waals surface area contributed by atoms with Crippen molar-refractivity contribution >= 4 is 34.5 Å². The Morgan fingerprint density at radius 1 is 1.27 bits per heavy atom. The number of hydrogen-bond acceptors (Lipinski definition) is 4. The van der Waals surface area contributed by atoms with Crippen LogP contribution in [0, 0.1) is 6.92 Å². The number of halogens is 1. The molecule has 0 radical (unpaired) electrons. The van der Waals surface area contributed by atoms with E-state index in [2.05, 4.69) is 15.0 Å². The molecule has 0 atom stereocenters. The fraction of sp³-hybridized carbons (Fsp3) is 0.125. The first-order valence-corrected chi connectivity index (χ1v) is 6.96. The number of fused-ring (bicyclic) bond motifs is 1. The number of hydrogen-bond donors (Lipinski definition) is 1. The topological polar surface area (TPSA) is 64.4 Å². The van der Waals surface area contributed by atoms with E-state index in [4.69, 9.17) is 16.0 Å². The quantitative estimate of drug-likeness (QED) is 0.748. The normalized spacial score (nSPS) is 10.7. The molecule has 6 heteroatoms. The number of aryl methyl sites for hydroxylation is 1. The zero-order valence-electron chi connectivity index (χ0n) is 12.0. The minimum Gasteiger partial charge on any atom is -0.453 e. The Hall–Kier alpha value is -2.53. The van der Waals surface area contributed by atoms with E-state index in [-0.39, 0.29) is 0 Å². The van der Waals surface area contributed by atoms with Crippen molar-refractivity contribution in [2.45, 2.75) is 6.92 Å². The molecule has 0 unspecified atom stereocenters. The molecule has 1 heterocycles. The molecule has 5 nitrogen and oxygen atoms in total. The zero-order valence-corrected chi connectivity index (χ0v) is 12.8. The third-order valence-corrected chi connectivity index (χ3v) is 3.48. The van der Waals surface area contributed by atoms with E-state index < -0.39 is 6.09 Å². The number of aromatic nitrogens is 1. The molecule has 112 valence electrons. The number of anilines is 1. The smallest absolute Gasteiger partial charge is 0.411 e. The first-order chi connectivity index (χ1) is 10.6. The van der Waals surface area contributed by atoms with Crippen molar-refractivity contribution in [3.05, 3.63) is 47.0 Å². The summed E-state index contributed by atoms with van der Waals surface area (Å²) in [5.41, 5.74) is 3.72. The van der Waals surface area contributed by atoms with Crippen LogP contribution in [0.4, 0.5) is 10.5 Å². The van der Waals surface area contributed by atoms with Gasteiger partial charge < -0.3 is 9.15 Å². The molecule has 0 saturated heterocycles. The molecule has 2 aromatic carbocycles. The van der Waals surface area contributed by atoms with E-state index >= 15 is 0 Å². The highest BCUT2D eigenvalue weighted by Crippen LogP contribution is 2.30. The number of nitrogens with one attached hydrogen (secondary N) is 1. The second kappa shape index (κ2) is 5.69. The fourth-order valence-electron chi connectivity index (χ4n) is 2.11. The second-order valence-electron chi connectivity index (χ2n) is 4.78. The second-order valence-corrected chi connectivity index (χ2v) is 5.21. The van der Waals surface area contributed by atoms with Crippen molar-refractivity contribution in [3.8, 4) is 11.5 Å². The number of rotatable bonds is 2. The first kappa shape index (κ1) is 14.4. The molecule has 1 amide bonds. The number of carbonyl (C=O) groups is 1. The Balaban J connectivity index is 2.04. The summed E-state index contributed by atoms with van der Waals surface area (Å²) in [5.74, 6) is 0.475. The van der Waals surface area contributed by atoms with Gasteiger partial charge >= 0.3 is 6.09 Å². The first-order valence-electron chi connectivity index (χ1n) is 6.59. The summed E-state index contributed by atoms with van der Waals surface area (Å²) in [6.45, 7) is 1.94. The number of oxazole rings is 1. The van der Waals surface area contributed by atoms with Crippen LogP contribution in [0.3, 0.4) is 0 Å². The van der Waals surface area contributed by atoms with Crippen LogP contribution in [-0.2, 0) is 4.74 Å². The molecule has 0 aliphatic rings. The Morgan fingerprint density at radius 2 is 2.09 bits per heavy atom. The molecule has 22 heavy (non-hydrogen) atoms. The number of ether oxygens (including phenoxy) is 1. The van der Waals surface area contributed by atoms with E-state index in [0.29, 0.717) is 27.7 Å². The van der Waals surface area contributed by atoms with Gasteiger partial charge in [-0.25, -0.2) is 9.78 Å². The van der Waals surface area contributed by atoms with Crippen LogP contribution in [0.5, 0.6) is 0 Å². The van der Waals surface area contributed by atoms with Crippen LogP contribution >= 0.6 is 11.6 Å². The van der Waals surface area contributed by atoms with E-state index in [9.17, 15) is 4.79 Å².